The van der Waals surface area contributed by atoms with Gasteiger partial charge in [0.25, 0.3) is 21.8 Å². The lowest BCUT2D eigenvalue weighted by atomic mass is 10.2. The summed E-state index contributed by atoms with van der Waals surface area (Å²) in [6.45, 7) is 1.13. The Morgan fingerprint density at radius 1 is 0.881 bits per heavy atom. The number of nitrogens with zero attached hydrogens (tertiary/aromatic N) is 2. The summed E-state index contributed by atoms with van der Waals surface area (Å²) in [5.74, 6) is -0.539. The summed E-state index contributed by atoms with van der Waals surface area (Å²) in [4.78, 5) is 24.9. The fourth-order valence-corrected chi connectivity index (χ4v) is 5.40. The molecule has 0 bridgehead atoms. The molecule has 4 rings (SSSR count). The van der Waals surface area contributed by atoms with Gasteiger partial charge in [-0.25, -0.2) is 13.8 Å². The van der Waals surface area contributed by atoms with Crippen molar-refractivity contribution < 1.29 is 22.7 Å². The van der Waals surface area contributed by atoms with E-state index in [1.807, 2.05) is 6.92 Å². The summed E-state index contributed by atoms with van der Waals surface area (Å²) >= 11 is 11.9. The molecule has 0 fully saturated rings. The first kappa shape index (κ1) is 30.6. The van der Waals surface area contributed by atoms with Crippen molar-refractivity contribution in [3.63, 3.8) is 0 Å². The van der Waals surface area contributed by atoms with Crippen LogP contribution in [0.4, 0.5) is 11.4 Å². The Balaban J connectivity index is 1.34. The van der Waals surface area contributed by atoms with E-state index in [0.717, 1.165) is 9.87 Å². The molecule has 12 heteroatoms. The Bertz CT molecular complexity index is 1680. The van der Waals surface area contributed by atoms with E-state index in [1.54, 1.807) is 72.8 Å². The molecule has 2 N–H and O–H groups in total. The second-order valence-electron chi connectivity index (χ2n) is 9.01. The van der Waals surface area contributed by atoms with E-state index in [-0.39, 0.29) is 23.1 Å². The van der Waals surface area contributed by atoms with E-state index >= 15 is 0 Å². The molecule has 0 saturated carbocycles. The lowest BCUT2D eigenvalue weighted by Crippen LogP contribution is -2.39. The van der Waals surface area contributed by atoms with E-state index in [9.17, 15) is 18.0 Å². The number of hydrogen-bond donors (Lipinski definition) is 2. The van der Waals surface area contributed by atoms with Crippen LogP contribution in [0.15, 0.2) is 107 Å². The predicted octanol–water partition coefficient (Wildman–Crippen LogP) is 5.66. The second kappa shape index (κ2) is 14.0. The van der Waals surface area contributed by atoms with Crippen molar-refractivity contribution in [2.75, 3.05) is 22.8 Å². The molecule has 2 amide bonds. The van der Waals surface area contributed by atoms with E-state index in [1.165, 1.54) is 30.5 Å². The first-order valence-electron chi connectivity index (χ1n) is 12.6. The maximum absolute atomic E-state index is 13.4. The predicted molar refractivity (Wildman–Crippen MR) is 165 cm³/mol. The maximum Gasteiger partial charge on any atom is 0.264 e. The molecular formula is C30H26Cl2N4O5S. The number of anilines is 2. The average molecular weight is 626 g/mol. The molecule has 0 aliphatic rings. The Labute approximate surface area is 253 Å². The van der Waals surface area contributed by atoms with Crippen LogP contribution >= 0.6 is 23.2 Å². The maximum atomic E-state index is 13.4. The third-order valence-corrected chi connectivity index (χ3v) is 8.05. The molecule has 0 atom stereocenters. The highest BCUT2D eigenvalue weighted by atomic mass is 35.5. The largest absolute Gasteiger partial charge is 0.484 e. The highest BCUT2D eigenvalue weighted by Gasteiger charge is 2.27. The summed E-state index contributed by atoms with van der Waals surface area (Å²) < 4.78 is 33.3. The van der Waals surface area contributed by atoms with E-state index in [0.29, 0.717) is 27.0 Å². The third-order valence-electron chi connectivity index (χ3n) is 5.77. The molecule has 42 heavy (non-hydrogen) atoms. The van der Waals surface area contributed by atoms with Gasteiger partial charge < -0.3 is 10.1 Å². The van der Waals surface area contributed by atoms with Gasteiger partial charge in [-0.2, -0.15) is 5.10 Å². The molecule has 0 aromatic heterocycles. The van der Waals surface area contributed by atoms with Crippen molar-refractivity contribution in [1.82, 2.24) is 5.43 Å². The number of hydrogen-bond acceptors (Lipinski definition) is 6. The zero-order valence-corrected chi connectivity index (χ0v) is 24.7. The van der Waals surface area contributed by atoms with Crippen LogP contribution in [-0.4, -0.2) is 39.6 Å². The Morgan fingerprint density at radius 2 is 1.57 bits per heavy atom. The Hall–Kier alpha value is -4.38. The van der Waals surface area contributed by atoms with Gasteiger partial charge in [0, 0.05) is 15.7 Å². The minimum Gasteiger partial charge on any atom is -0.484 e. The van der Waals surface area contributed by atoms with Crippen molar-refractivity contribution >= 4 is 62.6 Å². The number of nitrogens with one attached hydrogen (secondary N) is 2. The van der Waals surface area contributed by atoms with Gasteiger partial charge in [-0.05, 0) is 91.3 Å². The molecule has 0 saturated heterocycles. The number of carbonyl (C=O) groups is 2. The van der Waals surface area contributed by atoms with Gasteiger partial charge >= 0.3 is 0 Å². The van der Waals surface area contributed by atoms with Crippen LogP contribution < -0.4 is 19.8 Å². The number of rotatable bonds is 11. The van der Waals surface area contributed by atoms with E-state index in [2.05, 4.69) is 15.8 Å². The number of halogens is 2. The number of hydrazone groups is 1. The van der Waals surface area contributed by atoms with Gasteiger partial charge in [0.2, 0.25) is 0 Å². The molecule has 0 aliphatic carbocycles. The fraction of sp³-hybridized carbons (Fsp3) is 0.100. The van der Waals surface area contributed by atoms with Crippen LogP contribution in [0.5, 0.6) is 5.75 Å². The molecule has 0 unspecified atom stereocenters. The minimum absolute atomic E-state index is 0.0450. The summed E-state index contributed by atoms with van der Waals surface area (Å²) in [5.41, 5.74) is 4.73. The zero-order chi connectivity index (χ0) is 30.1. The van der Waals surface area contributed by atoms with Crippen LogP contribution in [-0.2, 0) is 19.6 Å². The standard InChI is InChI=1S/C30H26Cl2N4O5S/c1-21-5-15-28(16-6-21)42(39,40)36(26-11-9-23(31)10-12-26)19-29(37)35-33-18-22-7-13-27(14-8-22)41-20-30(38)34-25-4-2-3-24(32)17-25/h2-18H,19-20H2,1H3,(H,34,38)(H,35,37)/b33-18-. The van der Waals surface area contributed by atoms with Gasteiger partial charge in [0.1, 0.15) is 12.3 Å². The monoisotopic (exact) mass is 624 g/mol. The fourth-order valence-electron chi connectivity index (χ4n) is 3.67. The SMILES string of the molecule is Cc1ccc(S(=O)(=O)N(CC(=O)N/N=C\c2ccc(OCC(=O)Nc3cccc(Cl)c3)cc2)c2ccc(Cl)cc2)cc1. The highest BCUT2D eigenvalue weighted by molar-refractivity contribution is 7.92. The molecule has 9 nitrogen and oxygen atoms in total. The van der Waals surface area contributed by atoms with Gasteiger partial charge in [0.15, 0.2) is 6.61 Å². The Kier molecular flexibility index (Phi) is 10.2. The number of ether oxygens (including phenoxy) is 1. The van der Waals surface area contributed by atoms with Gasteiger partial charge in [0.05, 0.1) is 16.8 Å². The van der Waals surface area contributed by atoms with Crippen molar-refractivity contribution in [3.8, 4) is 5.75 Å². The van der Waals surface area contributed by atoms with Crippen LogP contribution in [0, 0.1) is 6.92 Å². The van der Waals surface area contributed by atoms with Crippen molar-refractivity contribution in [2.45, 2.75) is 11.8 Å². The molecule has 216 valence electrons. The summed E-state index contributed by atoms with van der Waals surface area (Å²) in [6, 6.07) is 25.9. The molecule has 0 aliphatic heterocycles. The van der Waals surface area contributed by atoms with Crippen molar-refractivity contribution in [3.05, 3.63) is 118 Å². The normalized spacial score (nSPS) is 11.2. The lowest BCUT2D eigenvalue weighted by Gasteiger charge is -2.23. The molecule has 0 radical (unpaired) electrons. The van der Waals surface area contributed by atoms with Gasteiger partial charge in [-0.3, -0.25) is 13.9 Å². The van der Waals surface area contributed by atoms with Crippen LogP contribution in [0.2, 0.25) is 10.0 Å². The number of amides is 2. The molecule has 4 aromatic rings. The second-order valence-corrected chi connectivity index (χ2v) is 11.7. The first-order valence-corrected chi connectivity index (χ1v) is 14.7. The Morgan fingerprint density at radius 3 is 2.24 bits per heavy atom. The van der Waals surface area contributed by atoms with Crippen LogP contribution in [0.1, 0.15) is 11.1 Å². The van der Waals surface area contributed by atoms with Crippen LogP contribution in [0.25, 0.3) is 0 Å². The first-order chi connectivity index (χ1) is 20.1. The topological polar surface area (TPSA) is 117 Å². The van der Waals surface area contributed by atoms with Gasteiger partial charge in [-0.1, -0.05) is 47.0 Å². The third kappa shape index (κ3) is 8.56. The average Bonchev–Trinajstić information content (AvgIpc) is 2.96. The lowest BCUT2D eigenvalue weighted by molar-refractivity contribution is -0.119. The number of carbonyl (C=O) groups excluding carboxylic acids is 2. The smallest absolute Gasteiger partial charge is 0.264 e. The summed E-state index contributed by atoms with van der Waals surface area (Å²) in [7, 11) is -4.06. The summed E-state index contributed by atoms with van der Waals surface area (Å²) in [6.07, 6.45) is 1.40. The molecule has 0 spiro atoms. The van der Waals surface area contributed by atoms with Crippen molar-refractivity contribution in [2.24, 2.45) is 5.10 Å². The van der Waals surface area contributed by atoms with Gasteiger partial charge in [-0.15, -0.1) is 0 Å². The zero-order valence-electron chi connectivity index (χ0n) is 22.3. The molecule has 4 aromatic carbocycles. The van der Waals surface area contributed by atoms with E-state index < -0.39 is 22.5 Å². The molecular weight excluding hydrogens is 599 g/mol. The molecule has 0 heterocycles. The quantitative estimate of drug-likeness (QED) is 0.165. The van der Waals surface area contributed by atoms with E-state index in [4.69, 9.17) is 27.9 Å². The number of benzene rings is 4. The number of aryl methyl sites for hydroxylation is 1. The summed E-state index contributed by atoms with van der Waals surface area (Å²) in [5, 5.41) is 7.57. The van der Waals surface area contributed by atoms with Crippen molar-refractivity contribution in [1.29, 1.82) is 0 Å². The number of sulfonamides is 1. The van der Waals surface area contributed by atoms with Crippen LogP contribution in [0.3, 0.4) is 0 Å². The minimum atomic E-state index is -4.06. The highest BCUT2D eigenvalue weighted by Crippen LogP contribution is 2.25.